The number of aliphatic hydroxyl groups excluding tert-OH is 2. The summed E-state index contributed by atoms with van der Waals surface area (Å²) in [6.45, 7) is 1.90. The van der Waals surface area contributed by atoms with Gasteiger partial charge in [0.05, 0.1) is 12.7 Å². The second-order valence-corrected chi connectivity index (χ2v) is 3.37. The number of rotatable bonds is 4. The Morgan fingerprint density at radius 2 is 2.00 bits per heavy atom. The van der Waals surface area contributed by atoms with Crippen molar-refractivity contribution in [3.8, 4) is 0 Å². The highest BCUT2D eigenvalue weighted by Gasteiger charge is 2.03. The highest BCUT2D eigenvalue weighted by Crippen LogP contribution is 2.16. The van der Waals surface area contributed by atoms with Crippen LogP contribution in [-0.2, 0) is 0 Å². The summed E-state index contributed by atoms with van der Waals surface area (Å²) in [6.07, 6.45) is 1.94. The Kier molecular flexibility index (Phi) is 4.36. The third kappa shape index (κ3) is 3.32. The van der Waals surface area contributed by atoms with Gasteiger partial charge in [-0.3, -0.25) is 0 Å². The van der Waals surface area contributed by atoms with Crippen molar-refractivity contribution in [1.29, 1.82) is 0 Å². The Hall–Kier alpha value is -1.12. The number of hydrogen-bond acceptors (Lipinski definition) is 2. The van der Waals surface area contributed by atoms with Gasteiger partial charge in [-0.15, -0.1) is 0 Å². The van der Waals surface area contributed by atoms with Crippen LogP contribution in [0.1, 0.15) is 25.0 Å². The number of benzene rings is 1. The maximum absolute atomic E-state index is 9.74. The van der Waals surface area contributed by atoms with Gasteiger partial charge in [0.1, 0.15) is 0 Å². The van der Waals surface area contributed by atoms with Crippen LogP contribution in [0.2, 0.25) is 0 Å². The molecule has 0 saturated carbocycles. The summed E-state index contributed by atoms with van der Waals surface area (Å²) in [5.41, 5.74) is 1.80. The largest absolute Gasteiger partial charge is 0.392 e. The Balaban J connectivity index is 2.55. The molecule has 1 rings (SSSR count). The molecule has 0 heterocycles. The van der Waals surface area contributed by atoms with Crippen LogP contribution in [0, 0.1) is 0 Å². The van der Waals surface area contributed by atoms with E-state index in [1.165, 1.54) is 0 Å². The predicted octanol–water partition coefficient (Wildman–Crippen LogP) is 2.05. The van der Waals surface area contributed by atoms with Crippen molar-refractivity contribution >= 4 is 0 Å². The highest BCUT2D eigenvalue weighted by molar-refractivity contribution is 5.18. The van der Waals surface area contributed by atoms with Crippen molar-refractivity contribution in [1.82, 2.24) is 0 Å². The zero-order chi connectivity index (χ0) is 10.4. The quantitative estimate of drug-likeness (QED) is 0.717. The summed E-state index contributed by atoms with van der Waals surface area (Å²) in [4.78, 5) is 0. The van der Waals surface area contributed by atoms with E-state index in [1.807, 2.05) is 43.3 Å². The van der Waals surface area contributed by atoms with Gasteiger partial charge in [0.15, 0.2) is 0 Å². The van der Waals surface area contributed by atoms with E-state index in [9.17, 15) is 5.11 Å². The van der Waals surface area contributed by atoms with Crippen LogP contribution in [0.15, 0.2) is 42.0 Å². The molecule has 0 fully saturated rings. The van der Waals surface area contributed by atoms with Crippen LogP contribution >= 0.6 is 0 Å². The lowest BCUT2D eigenvalue weighted by Crippen LogP contribution is -1.96. The highest BCUT2D eigenvalue weighted by atomic mass is 16.3. The fraction of sp³-hybridized carbons (Fsp3) is 0.333. The van der Waals surface area contributed by atoms with Crippen molar-refractivity contribution in [2.24, 2.45) is 0 Å². The van der Waals surface area contributed by atoms with E-state index < -0.39 is 6.10 Å². The molecule has 0 aliphatic rings. The normalized spacial score (nSPS) is 14.1. The molecule has 76 valence electrons. The molecule has 0 spiro atoms. The first kappa shape index (κ1) is 11.0. The first-order chi connectivity index (χ1) is 6.74. The van der Waals surface area contributed by atoms with Crippen LogP contribution in [-0.4, -0.2) is 16.8 Å². The monoisotopic (exact) mass is 192 g/mol. The molecule has 1 aromatic carbocycles. The minimum Gasteiger partial charge on any atom is -0.392 e. The molecule has 0 bridgehead atoms. The van der Waals surface area contributed by atoms with Gasteiger partial charge in [0.25, 0.3) is 0 Å². The molecular formula is C12H16O2. The molecule has 2 N–H and O–H groups in total. The number of hydrogen-bond donors (Lipinski definition) is 2. The Bertz CT molecular complexity index is 290. The van der Waals surface area contributed by atoms with Gasteiger partial charge in [-0.1, -0.05) is 42.0 Å². The zero-order valence-corrected chi connectivity index (χ0v) is 8.35. The fourth-order valence-corrected chi connectivity index (χ4v) is 1.19. The molecule has 0 amide bonds. The summed E-state index contributed by atoms with van der Waals surface area (Å²) in [6, 6.07) is 9.52. The molecule has 0 aliphatic carbocycles. The van der Waals surface area contributed by atoms with Crippen LogP contribution < -0.4 is 0 Å². The van der Waals surface area contributed by atoms with Crippen LogP contribution in [0.4, 0.5) is 0 Å². The average molecular weight is 192 g/mol. The summed E-state index contributed by atoms with van der Waals surface area (Å²) in [5, 5.41) is 18.5. The Morgan fingerprint density at radius 3 is 2.57 bits per heavy atom. The van der Waals surface area contributed by atoms with E-state index in [-0.39, 0.29) is 6.61 Å². The Morgan fingerprint density at radius 1 is 1.36 bits per heavy atom. The third-order valence-electron chi connectivity index (χ3n) is 2.12. The second kappa shape index (κ2) is 5.58. The summed E-state index contributed by atoms with van der Waals surface area (Å²) in [5.74, 6) is 0. The third-order valence-corrected chi connectivity index (χ3v) is 2.12. The minimum atomic E-state index is -0.474. The topological polar surface area (TPSA) is 40.5 Å². The maximum Gasteiger partial charge on any atom is 0.0824 e. The van der Waals surface area contributed by atoms with Crippen LogP contribution in [0.3, 0.4) is 0 Å². The fourth-order valence-electron chi connectivity index (χ4n) is 1.19. The van der Waals surface area contributed by atoms with Gasteiger partial charge in [-0.25, -0.2) is 0 Å². The molecule has 2 heteroatoms. The lowest BCUT2D eigenvalue weighted by Gasteiger charge is -2.08. The Labute approximate surface area is 84.5 Å². The second-order valence-electron chi connectivity index (χ2n) is 3.37. The van der Waals surface area contributed by atoms with Crippen molar-refractivity contribution in [2.45, 2.75) is 19.4 Å². The van der Waals surface area contributed by atoms with Gasteiger partial charge in [0.2, 0.25) is 0 Å². The van der Waals surface area contributed by atoms with Crippen molar-refractivity contribution in [3.63, 3.8) is 0 Å². The summed E-state index contributed by atoms with van der Waals surface area (Å²) in [7, 11) is 0. The zero-order valence-electron chi connectivity index (χ0n) is 8.35. The molecule has 1 aromatic rings. The molecule has 14 heavy (non-hydrogen) atoms. The van der Waals surface area contributed by atoms with E-state index >= 15 is 0 Å². The molecule has 1 unspecified atom stereocenters. The van der Waals surface area contributed by atoms with Gasteiger partial charge in [0, 0.05) is 0 Å². The van der Waals surface area contributed by atoms with Crippen molar-refractivity contribution in [2.75, 3.05) is 6.61 Å². The van der Waals surface area contributed by atoms with Gasteiger partial charge in [-0.2, -0.15) is 0 Å². The van der Waals surface area contributed by atoms with E-state index in [4.69, 9.17) is 5.11 Å². The first-order valence-electron chi connectivity index (χ1n) is 4.73. The van der Waals surface area contributed by atoms with Gasteiger partial charge >= 0.3 is 0 Å². The smallest absolute Gasteiger partial charge is 0.0824 e. The molecule has 0 aromatic heterocycles. The summed E-state index contributed by atoms with van der Waals surface area (Å²) < 4.78 is 0. The molecule has 0 radical (unpaired) electrons. The standard InChI is InChI=1S/C12H16O2/c1-10(9-13)7-8-12(14)11-5-3-2-4-6-11/h2-7,12-14H,8-9H2,1H3/b10-7-. The van der Waals surface area contributed by atoms with E-state index in [1.54, 1.807) is 0 Å². The van der Waals surface area contributed by atoms with E-state index in [0.29, 0.717) is 6.42 Å². The first-order valence-corrected chi connectivity index (χ1v) is 4.73. The minimum absolute atomic E-state index is 0.0571. The molecule has 1 atom stereocenters. The maximum atomic E-state index is 9.74. The van der Waals surface area contributed by atoms with E-state index in [2.05, 4.69) is 0 Å². The van der Waals surface area contributed by atoms with Crippen LogP contribution in [0.5, 0.6) is 0 Å². The predicted molar refractivity (Wildman–Crippen MR) is 56.9 cm³/mol. The van der Waals surface area contributed by atoms with Crippen molar-refractivity contribution in [3.05, 3.63) is 47.5 Å². The molecule has 0 saturated heterocycles. The molecule has 0 aliphatic heterocycles. The number of aliphatic hydroxyl groups is 2. The average Bonchev–Trinajstić information content (AvgIpc) is 2.26. The molecular weight excluding hydrogens is 176 g/mol. The van der Waals surface area contributed by atoms with Gasteiger partial charge in [-0.05, 0) is 18.9 Å². The SMILES string of the molecule is C/C(=C/CC(O)c1ccccc1)CO. The van der Waals surface area contributed by atoms with Crippen LogP contribution in [0.25, 0.3) is 0 Å². The lowest BCUT2D eigenvalue weighted by molar-refractivity contribution is 0.181. The van der Waals surface area contributed by atoms with Crippen molar-refractivity contribution < 1.29 is 10.2 Å². The summed E-state index contributed by atoms with van der Waals surface area (Å²) >= 11 is 0. The van der Waals surface area contributed by atoms with E-state index in [0.717, 1.165) is 11.1 Å². The van der Waals surface area contributed by atoms with Gasteiger partial charge < -0.3 is 10.2 Å². The lowest BCUT2D eigenvalue weighted by atomic mass is 10.1. The molecule has 2 nitrogen and oxygen atoms in total.